The predicted molar refractivity (Wildman–Crippen MR) is 95.9 cm³/mol. The summed E-state index contributed by atoms with van der Waals surface area (Å²) in [5, 5.41) is 4.71. The van der Waals surface area contributed by atoms with Gasteiger partial charge in [-0.1, -0.05) is 12.1 Å². The molecule has 25 heavy (non-hydrogen) atoms. The molecule has 0 unspecified atom stereocenters. The number of benzene rings is 1. The van der Waals surface area contributed by atoms with Crippen molar-refractivity contribution in [2.24, 2.45) is 0 Å². The molecular weight excluding hydrogens is 362 g/mol. The van der Waals surface area contributed by atoms with Crippen molar-refractivity contribution in [3.05, 3.63) is 46.2 Å². The molecule has 0 saturated heterocycles. The average molecular weight is 379 g/mol. The van der Waals surface area contributed by atoms with Gasteiger partial charge in [-0.3, -0.25) is 9.59 Å². The van der Waals surface area contributed by atoms with E-state index in [9.17, 15) is 9.59 Å². The van der Waals surface area contributed by atoms with Gasteiger partial charge in [0.15, 0.2) is 18.1 Å². The number of rotatable bonds is 8. The number of fused-ring (bicyclic) bond motifs is 1. The molecule has 0 radical (unpaired) electrons. The Morgan fingerprint density at radius 3 is 2.96 bits per heavy atom. The number of thiophene rings is 1. The molecule has 1 aliphatic rings. The van der Waals surface area contributed by atoms with Gasteiger partial charge in [-0.2, -0.15) is 0 Å². The fourth-order valence-corrected chi connectivity index (χ4v) is 3.78. The standard InChI is InChI=1S/C17H17NO5S2/c19-16(8-21-17(20)10-24-9-13-2-1-5-25-13)18-7-12-3-4-14-15(6-12)23-11-22-14/h1-6H,7-11H2,(H,18,19). The Bertz CT molecular complexity index is 733. The highest BCUT2D eigenvalue weighted by Gasteiger charge is 2.13. The van der Waals surface area contributed by atoms with Crippen LogP contribution in [0.2, 0.25) is 0 Å². The lowest BCUT2D eigenvalue weighted by molar-refractivity contribution is -0.145. The highest BCUT2D eigenvalue weighted by molar-refractivity contribution is 7.99. The first-order valence-electron chi connectivity index (χ1n) is 7.61. The number of hydrogen-bond acceptors (Lipinski definition) is 7. The van der Waals surface area contributed by atoms with E-state index >= 15 is 0 Å². The minimum Gasteiger partial charge on any atom is -0.455 e. The van der Waals surface area contributed by atoms with Crippen molar-refractivity contribution in [1.29, 1.82) is 0 Å². The molecule has 1 aliphatic heterocycles. The van der Waals surface area contributed by atoms with Gasteiger partial charge in [0.2, 0.25) is 6.79 Å². The van der Waals surface area contributed by atoms with Gasteiger partial charge >= 0.3 is 5.97 Å². The number of carbonyl (C=O) groups is 2. The van der Waals surface area contributed by atoms with Gasteiger partial charge in [0.05, 0.1) is 5.75 Å². The Labute approximate surface area is 153 Å². The maximum Gasteiger partial charge on any atom is 0.316 e. The molecule has 6 nitrogen and oxygen atoms in total. The van der Waals surface area contributed by atoms with Crippen molar-refractivity contribution in [1.82, 2.24) is 5.32 Å². The minimum absolute atomic E-state index is 0.214. The second kappa shape index (κ2) is 8.77. The third kappa shape index (κ3) is 5.40. The summed E-state index contributed by atoms with van der Waals surface area (Å²) in [4.78, 5) is 24.6. The van der Waals surface area contributed by atoms with E-state index in [4.69, 9.17) is 14.2 Å². The van der Waals surface area contributed by atoms with Crippen LogP contribution in [0, 0.1) is 0 Å². The molecule has 132 valence electrons. The van der Waals surface area contributed by atoms with E-state index in [1.54, 1.807) is 17.4 Å². The van der Waals surface area contributed by atoms with Crippen LogP contribution in [0.1, 0.15) is 10.4 Å². The highest BCUT2D eigenvalue weighted by Crippen LogP contribution is 2.32. The van der Waals surface area contributed by atoms with E-state index in [-0.39, 0.29) is 31.0 Å². The van der Waals surface area contributed by atoms with Crippen LogP contribution in [0.3, 0.4) is 0 Å². The third-order valence-corrected chi connectivity index (χ3v) is 5.35. The summed E-state index contributed by atoms with van der Waals surface area (Å²) in [5.41, 5.74) is 0.885. The normalized spacial score (nSPS) is 12.0. The first-order chi connectivity index (χ1) is 12.2. The fourth-order valence-electron chi connectivity index (χ4n) is 2.12. The fraction of sp³-hybridized carbons (Fsp3) is 0.294. The van der Waals surface area contributed by atoms with Crippen LogP contribution in [-0.4, -0.2) is 31.0 Å². The molecule has 2 heterocycles. The molecule has 1 N–H and O–H groups in total. The van der Waals surface area contributed by atoms with Gasteiger partial charge in [0.25, 0.3) is 5.91 Å². The zero-order valence-electron chi connectivity index (χ0n) is 13.4. The molecule has 0 bridgehead atoms. The molecule has 0 fully saturated rings. The second-order valence-corrected chi connectivity index (χ2v) is 7.22. The third-order valence-electron chi connectivity index (χ3n) is 3.34. The summed E-state index contributed by atoms with van der Waals surface area (Å²) < 4.78 is 15.5. The molecule has 1 aromatic heterocycles. The van der Waals surface area contributed by atoms with Crippen LogP contribution in [0.5, 0.6) is 11.5 Å². The van der Waals surface area contributed by atoms with Crippen molar-refractivity contribution in [2.45, 2.75) is 12.3 Å². The number of hydrogen-bond donors (Lipinski definition) is 1. The Morgan fingerprint density at radius 1 is 1.24 bits per heavy atom. The van der Waals surface area contributed by atoms with Crippen molar-refractivity contribution in [3.8, 4) is 11.5 Å². The van der Waals surface area contributed by atoms with E-state index in [1.807, 2.05) is 29.6 Å². The SMILES string of the molecule is O=C(COC(=O)CSCc1cccs1)NCc1ccc2c(c1)OCO2. The topological polar surface area (TPSA) is 73.9 Å². The van der Waals surface area contributed by atoms with Crippen molar-refractivity contribution in [3.63, 3.8) is 0 Å². The summed E-state index contributed by atoms with van der Waals surface area (Å²) in [6, 6.07) is 9.46. The Hall–Kier alpha value is -2.19. The quantitative estimate of drug-likeness (QED) is 0.711. The molecule has 0 saturated carbocycles. The zero-order valence-corrected chi connectivity index (χ0v) is 15.0. The average Bonchev–Trinajstić information content (AvgIpc) is 3.29. The number of ether oxygens (including phenoxy) is 3. The zero-order chi connectivity index (χ0) is 17.5. The molecule has 0 aliphatic carbocycles. The first-order valence-corrected chi connectivity index (χ1v) is 9.65. The van der Waals surface area contributed by atoms with Gasteiger partial charge in [-0.05, 0) is 29.1 Å². The van der Waals surface area contributed by atoms with Gasteiger partial charge < -0.3 is 19.5 Å². The van der Waals surface area contributed by atoms with Crippen LogP contribution >= 0.6 is 23.1 Å². The van der Waals surface area contributed by atoms with Crippen molar-refractivity contribution in [2.75, 3.05) is 19.2 Å². The summed E-state index contributed by atoms with van der Waals surface area (Å²) in [7, 11) is 0. The lowest BCUT2D eigenvalue weighted by Crippen LogP contribution is -2.28. The second-order valence-electron chi connectivity index (χ2n) is 5.20. The molecule has 0 atom stereocenters. The van der Waals surface area contributed by atoms with Crippen molar-refractivity contribution < 1.29 is 23.8 Å². The number of thioether (sulfide) groups is 1. The first kappa shape index (κ1) is 17.6. The largest absolute Gasteiger partial charge is 0.455 e. The summed E-state index contributed by atoms with van der Waals surface area (Å²) >= 11 is 3.12. The Morgan fingerprint density at radius 2 is 2.12 bits per heavy atom. The van der Waals surface area contributed by atoms with Crippen LogP contribution in [-0.2, 0) is 26.6 Å². The van der Waals surface area contributed by atoms with E-state index in [0.29, 0.717) is 18.0 Å². The number of nitrogens with one attached hydrogen (secondary N) is 1. The smallest absolute Gasteiger partial charge is 0.316 e. The van der Waals surface area contributed by atoms with Crippen LogP contribution in [0.4, 0.5) is 0 Å². The lowest BCUT2D eigenvalue weighted by Gasteiger charge is -2.07. The molecule has 2 aromatic rings. The van der Waals surface area contributed by atoms with Crippen molar-refractivity contribution >= 4 is 35.0 Å². The molecule has 1 aromatic carbocycles. The molecule has 3 rings (SSSR count). The predicted octanol–water partition coefficient (Wildman–Crippen LogP) is 2.57. The minimum atomic E-state index is -0.389. The molecule has 1 amide bonds. The van der Waals surface area contributed by atoms with Gasteiger partial charge in [0.1, 0.15) is 0 Å². The molecule has 8 heteroatoms. The van der Waals surface area contributed by atoms with E-state index in [0.717, 1.165) is 11.3 Å². The van der Waals surface area contributed by atoms with Crippen LogP contribution < -0.4 is 14.8 Å². The highest BCUT2D eigenvalue weighted by atomic mass is 32.2. The number of esters is 1. The summed E-state index contributed by atoms with van der Waals surface area (Å²) in [6.07, 6.45) is 0. The van der Waals surface area contributed by atoms with E-state index in [2.05, 4.69) is 5.32 Å². The van der Waals surface area contributed by atoms with Crippen LogP contribution in [0.15, 0.2) is 35.7 Å². The van der Waals surface area contributed by atoms with Crippen LogP contribution in [0.25, 0.3) is 0 Å². The molecular formula is C17H17NO5S2. The number of amides is 1. The number of carbonyl (C=O) groups excluding carboxylic acids is 2. The van der Waals surface area contributed by atoms with E-state index in [1.165, 1.54) is 16.6 Å². The molecule has 0 spiro atoms. The summed E-state index contributed by atoms with van der Waals surface area (Å²) in [6.45, 7) is 0.273. The van der Waals surface area contributed by atoms with Gasteiger partial charge in [-0.25, -0.2) is 0 Å². The maximum absolute atomic E-state index is 11.8. The van der Waals surface area contributed by atoms with Gasteiger partial charge in [-0.15, -0.1) is 23.1 Å². The van der Waals surface area contributed by atoms with E-state index < -0.39 is 0 Å². The van der Waals surface area contributed by atoms with Gasteiger partial charge in [0, 0.05) is 17.2 Å². The monoisotopic (exact) mass is 379 g/mol. The maximum atomic E-state index is 11.8. The lowest BCUT2D eigenvalue weighted by atomic mass is 10.2. The summed E-state index contributed by atoms with van der Waals surface area (Å²) in [5.74, 6) is 1.63. The Kier molecular flexibility index (Phi) is 6.19. The Balaban J connectivity index is 1.31.